The van der Waals surface area contributed by atoms with Gasteiger partial charge in [0.2, 0.25) is 17.8 Å². The van der Waals surface area contributed by atoms with Crippen LogP contribution in [0.25, 0.3) is 0 Å². The minimum Gasteiger partial charge on any atom is -0.326 e. The molecule has 30 heavy (non-hydrogen) atoms. The van der Waals surface area contributed by atoms with Crippen LogP contribution in [0.5, 0.6) is 0 Å². The normalized spacial score (nSPS) is 15.1. The molecular weight excluding hydrogens is 382 g/mol. The van der Waals surface area contributed by atoms with Gasteiger partial charge in [0.1, 0.15) is 5.82 Å². The van der Waals surface area contributed by atoms with Gasteiger partial charge in [-0.3, -0.25) is 19.4 Å². The Morgan fingerprint density at radius 3 is 2.60 bits per heavy atom. The molecule has 1 aliphatic heterocycles. The van der Waals surface area contributed by atoms with Crippen molar-refractivity contribution in [3.05, 3.63) is 75.6 Å². The van der Waals surface area contributed by atoms with Crippen LogP contribution >= 0.6 is 0 Å². The van der Waals surface area contributed by atoms with Crippen LogP contribution in [0.2, 0.25) is 0 Å². The molecule has 4 N–H and O–H groups in total. The zero-order valence-corrected chi connectivity index (χ0v) is 16.6. The molecule has 0 aliphatic carbocycles. The average Bonchev–Trinajstić information content (AvgIpc) is 2.70. The quantitative estimate of drug-likeness (QED) is 0.534. The van der Waals surface area contributed by atoms with Crippen molar-refractivity contribution in [3.8, 4) is 0 Å². The van der Waals surface area contributed by atoms with Crippen LogP contribution in [-0.4, -0.2) is 21.8 Å². The number of benzene rings is 2. The van der Waals surface area contributed by atoms with Gasteiger partial charge in [0.25, 0.3) is 5.56 Å². The Labute approximate surface area is 172 Å². The minimum absolute atomic E-state index is 0.0919. The lowest BCUT2D eigenvalue weighted by atomic mass is 9.92. The zero-order chi connectivity index (χ0) is 21.3. The van der Waals surface area contributed by atoms with Crippen LogP contribution in [0.1, 0.15) is 29.0 Å². The summed E-state index contributed by atoms with van der Waals surface area (Å²) >= 11 is 0. The number of carbonyl (C=O) groups excluding carboxylic acids is 2. The van der Waals surface area contributed by atoms with Crippen molar-refractivity contribution in [2.45, 2.75) is 26.2 Å². The van der Waals surface area contributed by atoms with Crippen molar-refractivity contribution in [2.24, 2.45) is 0 Å². The smallest absolute Gasteiger partial charge is 0.258 e. The van der Waals surface area contributed by atoms with E-state index in [2.05, 4.69) is 25.9 Å². The second kappa shape index (κ2) is 7.82. The van der Waals surface area contributed by atoms with Crippen LogP contribution in [0.3, 0.4) is 0 Å². The first-order chi connectivity index (χ1) is 14.4. The van der Waals surface area contributed by atoms with E-state index in [0.29, 0.717) is 5.69 Å². The van der Waals surface area contributed by atoms with Crippen LogP contribution in [0, 0.1) is 13.8 Å². The second-order valence-corrected chi connectivity index (χ2v) is 7.28. The first kappa shape index (κ1) is 19.4. The molecule has 0 unspecified atom stereocenters. The highest BCUT2D eigenvalue weighted by atomic mass is 16.2. The highest BCUT2D eigenvalue weighted by Crippen LogP contribution is 2.30. The minimum atomic E-state index is -0.934. The summed E-state index contributed by atoms with van der Waals surface area (Å²) in [5.41, 5.74) is 3.02. The summed E-state index contributed by atoms with van der Waals surface area (Å²) in [5.74, 6) is -1.45. The van der Waals surface area contributed by atoms with Crippen LogP contribution in [-0.2, 0) is 9.59 Å². The summed E-state index contributed by atoms with van der Waals surface area (Å²) in [6.07, 6.45) is -0.125. The molecule has 152 valence electrons. The number of rotatable bonds is 4. The van der Waals surface area contributed by atoms with Gasteiger partial charge in [0, 0.05) is 17.8 Å². The first-order valence-electron chi connectivity index (χ1n) is 9.55. The van der Waals surface area contributed by atoms with Gasteiger partial charge in [-0.05, 0) is 37.6 Å². The van der Waals surface area contributed by atoms with Crippen molar-refractivity contribution in [1.29, 1.82) is 0 Å². The largest absolute Gasteiger partial charge is 0.326 e. The second-order valence-electron chi connectivity index (χ2n) is 7.28. The predicted molar refractivity (Wildman–Crippen MR) is 115 cm³/mol. The number of aryl methyl sites for hydroxylation is 2. The van der Waals surface area contributed by atoms with Crippen molar-refractivity contribution in [3.63, 3.8) is 0 Å². The average molecular weight is 403 g/mol. The number of hydrogen-bond acceptors (Lipinski definition) is 5. The third-order valence-corrected chi connectivity index (χ3v) is 4.94. The van der Waals surface area contributed by atoms with Gasteiger partial charge >= 0.3 is 0 Å². The monoisotopic (exact) mass is 403 g/mol. The number of anilines is 4. The number of amides is 2. The summed E-state index contributed by atoms with van der Waals surface area (Å²) in [5, 5.41) is 8.43. The summed E-state index contributed by atoms with van der Waals surface area (Å²) in [6, 6.07) is 14.8. The standard InChI is InChI=1S/C22H21N5O3/c1-12-8-9-16(13(2)10-12)24-20(29)15-11-17(28)25-19-18(15)21(30)27-22(26-19)23-14-6-4-3-5-7-14/h3-10,15H,11H2,1-2H3,(H,24,29)(H3,23,25,26,27,28,30)/t15-/m1/s1. The third kappa shape index (κ3) is 3.93. The van der Waals surface area contributed by atoms with Crippen molar-refractivity contribution in [1.82, 2.24) is 9.97 Å². The van der Waals surface area contributed by atoms with Gasteiger partial charge in [0.05, 0.1) is 11.5 Å². The molecule has 1 aliphatic rings. The molecule has 0 fully saturated rings. The number of nitrogens with zero attached hydrogens (tertiary/aromatic N) is 1. The number of hydrogen-bond donors (Lipinski definition) is 4. The zero-order valence-electron chi connectivity index (χ0n) is 16.6. The Bertz CT molecular complexity index is 1190. The van der Waals surface area contributed by atoms with Gasteiger partial charge in [-0.2, -0.15) is 4.98 Å². The maximum Gasteiger partial charge on any atom is 0.258 e. The van der Waals surface area contributed by atoms with Crippen molar-refractivity contribution >= 4 is 35.0 Å². The Kier molecular flexibility index (Phi) is 5.05. The van der Waals surface area contributed by atoms with E-state index >= 15 is 0 Å². The summed E-state index contributed by atoms with van der Waals surface area (Å²) < 4.78 is 0. The van der Waals surface area contributed by atoms with E-state index in [1.807, 2.05) is 62.4 Å². The van der Waals surface area contributed by atoms with E-state index in [0.717, 1.165) is 16.8 Å². The van der Waals surface area contributed by atoms with Crippen LogP contribution in [0.4, 0.5) is 23.1 Å². The first-order valence-corrected chi connectivity index (χ1v) is 9.55. The molecule has 0 saturated carbocycles. The molecule has 2 aromatic carbocycles. The molecule has 0 radical (unpaired) electrons. The van der Waals surface area contributed by atoms with E-state index in [4.69, 9.17) is 0 Å². The lowest BCUT2D eigenvalue weighted by molar-refractivity contribution is -0.123. The number of aromatic amines is 1. The van der Waals surface area contributed by atoms with Crippen molar-refractivity contribution in [2.75, 3.05) is 16.0 Å². The summed E-state index contributed by atoms with van der Waals surface area (Å²) in [6.45, 7) is 3.85. The van der Waals surface area contributed by atoms with Gasteiger partial charge in [-0.25, -0.2) is 0 Å². The molecular formula is C22H21N5O3. The SMILES string of the molecule is Cc1ccc(NC(=O)[C@@H]2CC(=O)Nc3nc(Nc4ccccc4)[nH]c(=O)c32)c(C)c1. The van der Waals surface area contributed by atoms with Crippen molar-refractivity contribution < 1.29 is 9.59 Å². The number of H-pyrrole nitrogens is 1. The van der Waals surface area contributed by atoms with Gasteiger partial charge < -0.3 is 16.0 Å². The summed E-state index contributed by atoms with van der Waals surface area (Å²) in [7, 11) is 0. The topological polar surface area (TPSA) is 116 Å². The molecule has 8 heteroatoms. The number of para-hydroxylation sites is 1. The fraction of sp³-hybridized carbons (Fsp3) is 0.182. The van der Waals surface area contributed by atoms with Gasteiger partial charge in [-0.1, -0.05) is 35.9 Å². The molecule has 1 aromatic heterocycles. The molecule has 0 bridgehead atoms. The van der Waals surface area contributed by atoms with E-state index in [1.165, 1.54) is 0 Å². The number of aromatic nitrogens is 2. The Balaban J connectivity index is 1.65. The molecule has 0 spiro atoms. The number of fused-ring (bicyclic) bond motifs is 1. The van der Waals surface area contributed by atoms with E-state index < -0.39 is 17.4 Å². The van der Waals surface area contributed by atoms with E-state index in [9.17, 15) is 14.4 Å². The van der Waals surface area contributed by atoms with Crippen LogP contribution in [0.15, 0.2) is 53.3 Å². The number of carbonyl (C=O) groups is 2. The highest BCUT2D eigenvalue weighted by Gasteiger charge is 2.35. The Hall–Kier alpha value is -3.94. The molecule has 4 rings (SSSR count). The Morgan fingerprint density at radius 2 is 1.87 bits per heavy atom. The molecule has 1 atom stereocenters. The predicted octanol–water partition coefficient (Wildman–Crippen LogP) is 3.19. The third-order valence-electron chi connectivity index (χ3n) is 4.94. The lowest BCUT2D eigenvalue weighted by Crippen LogP contribution is -2.36. The van der Waals surface area contributed by atoms with E-state index in [-0.39, 0.29) is 29.7 Å². The molecule has 3 aromatic rings. The lowest BCUT2D eigenvalue weighted by Gasteiger charge is -2.24. The van der Waals surface area contributed by atoms with Crippen LogP contribution < -0.4 is 21.5 Å². The molecule has 8 nitrogen and oxygen atoms in total. The van der Waals surface area contributed by atoms with E-state index in [1.54, 1.807) is 0 Å². The molecule has 2 amide bonds. The highest BCUT2D eigenvalue weighted by molar-refractivity contribution is 6.04. The fourth-order valence-corrected chi connectivity index (χ4v) is 3.49. The fourth-order valence-electron chi connectivity index (χ4n) is 3.49. The van der Waals surface area contributed by atoms with Gasteiger partial charge in [0.15, 0.2) is 0 Å². The molecule has 0 saturated heterocycles. The molecule has 2 heterocycles. The Morgan fingerprint density at radius 1 is 1.10 bits per heavy atom. The maximum atomic E-state index is 13.0. The number of nitrogens with one attached hydrogen (secondary N) is 4. The van der Waals surface area contributed by atoms with Gasteiger partial charge in [-0.15, -0.1) is 0 Å². The summed E-state index contributed by atoms with van der Waals surface area (Å²) in [4.78, 5) is 44.9. The maximum absolute atomic E-state index is 13.0.